The number of ether oxygens (including phenoxy) is 1. The molecule has 1 aliphatic carbocycles. The standard InChI is InChI=1S/C29H25Cl2NO4S/c1-3-36-29(35)26-19(23-12-7-13-37-23)14-22-25(28(26)34)18(17-9-6-10-20(30)27(17)31)15-24(33)32(22)21-11-5-4-8-16(21)2/h4-13,18-19,26H,3,14-15H2,1-2H3/t18-,19+,26+/m0/s1. The molecule has 2 aliphatic rings. The summed E-state index contributed by atoms with van der Waals surface area (Å²) in [7, 11) is 0. The topological polar surface area (TPSA) is 63.7 Å². The van der Waals surface area contributed by atoms with Gasteiger partial charge in [-0.3, -0.25) is 19.3 Å². The highest BCUT2D eigenvalue weighted by molar-refractivity contribution is 7.10. The highest BCUT2D eigenvalue weighted by atomic mass is 35.5. The summed E-state index contributed by atoms with van der Waals surface area (Å²) >= 11 is 14.4. The van der Waals surface area contributed by atoms with Crippen LogP contribution in [0, 0.1) is 12.8 Å². The minimum atomic E-state index is -1.01. The molecule has 0 radical (unpaired) electrons. The normalized spacial score (nSPS) is 21.7. The number of halogens is 2. The summed E-state index contributed by atoms with van der Waals surface area (Å²) < 4.78 is 5.39. The molecule has 8 heteroatoms. The fourth-order valence-electron chi connectivity index (χ4n) is 5.45. The second kappa shape index (κ2) is 10.4. The van der Waals surface area contributed by atoms with Crippen LogP contribution in [0.15, 0.2) is 71.2 Å². The predicted molar refractivity (Wildman–Crippen MR) is 146 cm³/mol. The van der Waals surface area contributed by atoms with Crippen molar-refractivity contribution >= 4 is 57.9 Å². The molecule has 3 atom stereocenters. The maximum Gasteiger partial charge on any atom is 0.317 e. The number of Topliss-reactive ketones (excluding diaryl/α,β-unsaturated/α-hetero) is 1. The first kappa shape index (κ1) is 25.7. The van der Waals surface area contributed by atoms with E-state index in [1.165, 1.54) is 11.3 Å². The van der Waals surface area contributed by atoms with Crippen molar-refractivity contribution in [3.63, 3.8) is 0 Å². The molecule has 37 heavy (non-hydrogen) atoms. The molecule has 0 bridgehead atoms. The first-order chi connectivity index (χ1) is 17.8. The maximum atomic E-state index is 14.4. The SMILES string of the molecule is CCOC(=O)[C@H]1C(=O)C2=C(C[C@@H]1c1cccs1)N(c1ccccc1C)C(=O)C[C@H]2c1cccc(Cl)c1Cl. The van der Waals surface area contributed by atoms with Crippen LogP contribution < -0.4 is 4.90 Å². The maximum absolute atomic E-state index is 14.4. The number of allylic oxidation sites excluding steroid dienone is 2. The van der Waals surface area contributed by atoms with Crippen molar-refractivity contribution in [1.82, 2.24) is 0 Å². The van der Waals surface area contributed by atoms with Crippen LogP contribution in [-0.2, 0) is 19.1 Å². The van der Waals surface area contributed by atoms with Gasteiger partial charge >= 0.3 is 5.97 Å². The summed E-state index contributed by atoms with van der Waals surface area (Å²) in [5, 5.41) is 2.57. The van der Waals surface area contributed by atoms with E-state index in [4.69, 9.17) is 27.9 Å². The molecule has 0 fully saturated rings. The van der Waals surface area contributed by atoms with Crippen LogP contribution in [-0.4, -0.2) is 24.3 Å². The van der Waals surface area contributed by atoms with Gasteiger partial charge in [-0.1, -0.05) is 59.6 Å². The van der Waals surface area contributed by atoms with Crippen LogP contribution in [0.5, 0.6) is 0 Å². The lowest BCUT2D eigenvalue weighted by atomic mass is 9.69. The summed E-state index contributed by atoms with van der Waals surface area (Å²) in [5.41, 5.74) is 3.27. The number of amides is 1. The molecule has 2 heterocycles. The van der Waals surface area contributed by atoms with E-state index in [2.05, 4.69) is 0 Å². The quantitative estimate of drug-likeness (QED) is 0.250. The Kier molecular flexibility index (Phi) is 7.26. The van der Waals surface area contributed by atoms with Gasteiger partial charge in [0.2, 0.25) is 5.91 Å². The minimum absolute atomic E-state index is 0.0260. The molecule has 0 N–H and O–H groups in total. The van der Waals surface area contributed by atoms with E-state index in [1.54, 1.807) is 30.0 Å². The van der Waals surface area contributed by atoms with E-state index in [9.17, 15) is 14.4 Å². The largest absolute Gasteiger partial charge is 0.465 e. The summed E-state index contributed by atoms with van der Waals surface area (Å²) in [6, 6.07) is 16.6. The van der Waals surface area contributed by atoms with E-state index >= 15 is 0 Å². The van der Waals surface area contributed by atoms with Gasteiger partial charge in [0.15, 0.2) is 5.78 Å². The van der Waals surface area contributed by atoms with Crippen molar-refractivity contribution in [1.29, 1.82) is 0 Å². The number of hydrogen-bond acceptors (Lipinski definition) is 5. The second-order valence-corrected chi connectivity index (χ2v) is 11.0. The molecular weight excluding hydrogens is 529 g/mol. The fourth-order valence-corrected chi connectivity index (χ4v) is 6.76. The van der Waals surface area contributed by atoms with Crippen LogP contribution in [0.4, 0.5) is 5.69 Å². The monoisotopic (exact) mass is 553 g/mol. The first-order valence-corrected chi connectivity index (χ1v) is 13.8. The Morgan fingerprint density at radius 3 is 2.54 bits per heavy atom. The molecule has 3 aromatic rings. The number of thiophene rings is 1. The first-order valence-electron chi connectivity index (χ1n) is 12.1. The third-order valence-electron chi connectivity index (χ3n) is 7.08. The molecule has 5 nitrogen and oxygen atoms in total. The number of para-hydroxylation sites is 1. The highest BCUT2D eigenvalue weighted by Gasteiger charge is 2.50. The van der Waals surface area contributed by atoms with Crippen molar-refractivity contribution in [2.24, 2.45) is 5.92 Å². The lowest BCUT2D eigenvalue weighted by Gasteiger charge is -2.42. The van der Waals surface area contributed by atoms with Crippen LogP contribution in [0.3, 0.4) is 0 Å². The Hall–Kier alpha value is -2.93. The summed E-state index contributed by atoms with van der Waals surface area (Å²) in [6.45, 7) is 3.83. The van der Waals surface area contributed by atoms with Crippen LogP contribution in [0.2, 0.25) is 10.0 Å². The van der Waals surface area contributed by atoms with Gasteiger partial charge in [0.05, 0.1) is 22.3 Å². The Morgan fingerprint density at radius 2 is 1.84 bits per heavy atom. The van der Waals surface area contributed by atoms with Gasteiger partial charge in [-0.05, 0) is 55.0 Å². The Bertz CT molecular complexity index is 1420. The number of esters is 1. The third kappa shape index (κ3) is 4.52. The average molecular weight is 554 g/mol. The zero-order valence-corrected chi connectivity index (χ0v) is 22.7. The van der Waals surface area contributed by atoms with Crippen molar-refractivity contribution in [3.8, 4) is 0 Å². The fraction of sp³-hybridized carbons (Fsp3) is 0.276. The number of rotatable bonds is 5. The molecule has 0 saturated carbocycles. The van der Waals surface area contributed by atoms with Crippen molar-refractivity contribution < 1.29 is 19.1 Å². The zero-order chi connectivity index (χ0) is 26.3. The molecule has 190 valence electrons. The number of carbonyl (C=O) groups is 3. The van der Waals surface area contributed by atoms with Crippen molar-refractivity contribution in [2.75, 3.05) is 11.5 Å². The number of nitrogens with zero attached hydrogens (tertiary/aromatic N) is 1. The van der Waals surface area contributed by atoms with Crippen LogP contribution >= 0.6 is 34.5 Å². The minimum Gasteiger partial charge on any atom is -0.465 e. The van der Waals surface area contributed by atoms with Gasteiger partial charge in [-0.15, -0.1) is 11.3 Å². The molecular formula is C29H25Cl2NO4S. The van der Waals surface area contributed by atoms with E-state index in [0.717, 1.165) is 16.1 Å². The van der Waals surface area contributed by atoms with Crippen molar-refractivity contribution in [2.45, 2.75) is 38.5 Å². The second-order valence-electron chi connectivity index (χ2n) is 9.20. The Morgan fingerprint density at radius 1 is 1.05 bits per heavy atom. The molecule has 1 amide bonds. The molecule has 5 rings (SSSR count). The molecule has 1 aromatic heterocycles. The van der Waals surface area contributed by atoms with E-state index < -0.39 is 23.7 Å². The number of hydrogen-bond donors (Lipinski definition) is 0. The number of aryl methyl sites for hydroxylation is 1. The highest BCUT2D eigenvalue weighted by Crippen LogP contribution is 2.51. The lowest BCUT2D eigenvalue weighted by Crippen LogP contribution is -2.46. The number of carbonyl (C=O) groups excluding carboxylic acids is 3. The van der Waals surface area contributed by atoms with Crippen molar-refractivity contribution in [3.05, 3.63) is 97.3 Å². The van der Waals surface area contributed by atoms with Gasteiger partial charge in [-0.2, -0.15) is 0 Å². The van der Waals surface area contributed by atoms with Gasteiger partial charge in [0, 0.05) is 34.4 Å². The Balaban J connectivity index is 1.76. The van der Waals surface area contributed by atoms with E-state index in [1.807, 2.05) is 48.7 Å². The average Bonchev–Trinajstić information content (AvgIpc) is 3.41. The zero-order valence-electron chi connectivity index (χ0n) is 20.4. The van der Waals surface area contributed by atoms with Gasteiger partial charge < -0.3 is 4.74 Å². The summed E-state index contributed by atoms with van der Waals surface area (Å²) in [5.74, 6) is -3.09. The predicted octanol–water partition coefficient (Wildman–Crippen LogP) is 7.07. The van der Waals surface area contributed by atoms with Gasteiger partial charge in [0.1, 0.15) is 5.92 Å². The molecule has 0 saturated heterocycles. The molecule has 1 aliphatic heterocycles. The summed E-state index contributed by atoms with van der Waals surface area (Å²) in [6.07, 6.45) is 0.359. The smallest absolute Gasteiger partial charge is 0.317 e. The molecule has 0 spiro atoms. The molecule has 2 aromatic carbocycles. The van der Waals surface area contributed by atoms with E-state index in [0.29, 0.717) is 33.3 Å². The number of ketones is 1. The third-order valence-corrected chi connectivity index (χ3v) is 8.92. The van der Waals surface area contributed by atoms with E-state index in [-0.39, 0.29) is 24.7 Å². The summed E-state index contributed by atoms with van der Waals surface area (Å²) in [4.78, 5) is 44.0. The van der Waals surface area contributed by atoms with Crippen LogP contribution in [0.25, 0.3) is 0 Å². The lowest BCUT2D eigenvalue weighted by molar-refractivity contribution is -0.152. The Labute approximate surface area is 229 Å². The van der Waals surface area contributed by atoms with Gasteiger partial charge in [-0.25, -0.2) is 0 Å². The number of benzene rings is 2. The van der Waals surface area contributed by atoms with Crippen LogP contribution in [0.1, 0.15) is 47.6 Å². The number of anilines is 1. The van der Waals surface area contributed by atoms with Gasteiger partial charge in [0.25, 0.3) is 0 Å². The molecule has 0 unspecified atom stereocenters.